The first-order valence-electron chi connectivity index (χ1n) is 13.4. The van der Waals surface area contributed by atoms with Gasteiger partial charge in [-0.3, -0.25) is 4.79 Å². The lowest BCUT2D eigenvalue weighted by atomic mass is 9.99. The molecule has 5 nitrogen and oxygen atoms in total. The molecule has 0 fully saturated rings. The van der Waals surface area contributed by atoms with Gasteiger partial charge in [-0.15, -0.1) is 0 Å². The topological polar surface area (TPSA) is 55.6 Å². The number of carbonyl (C=O) groups excluding carboxylic acids is 1. The van der Waals surface area contributed by atoms with Crippen molar-refractivity contribution in [2.75, 3.05) is 0 Å². The molecule has 39 heavy (non-hydrogen) atoms. The molecule has 0 spiro atoms. The molecule has 1 amide bonds. The number of aromatic nitrogens is 1. The molecule has 4 rings (SSSR count). The van der Waals surface area contributed by atoms with Gasteiger partial charge in [0.1, 0.15) is 5.60 Å². The highest BCUT2D eigenvalue weighted by atomic mass is 19.2. The van der Waals surface area contributed by atoms with Crippen LogP contribution in [0.5, 0.6) is 0 Å². The number of oxime groups is 1. The molecule has 7 heteroatoms. The summed E-state index contributed by atoms with van der Waals surface area (Å²) in [6.45, 7) is 12.7. The second kappa shape index (κ2) is 11.6. The van der Waals surface area contributed by atoms with Crippen LogP contribution in [0.15, 0.2) is 65.9 Å². The second-order valence-electron chi connectivity index (χ2n) is 11.4. The Kier molecular flexibility index (Phi) is 8.38. The monoisotopic (exact) mass is 533 g/mol. The molecule has 0 radical (unpaired) electrons. The molecule has 0 bridgehead atoms. The van der Waals surface area contributed by atoms with Crippen LogP contribution in [0.25, 0.3) is 10.9 Å². The van der Waals surface area contributed by atoms with Crippen LogP contribution in [0.3, 0.4) is 0 Å². The van der Waals surface area contributed by atoms with Crippen LogP contribution >= 0.6 is 0 Å². The number of carbonyl (C=O) groups is 1. The molecule has 1 atom stereocenters. The van der Waals surface area contributed by atoms with Crippen LogP contribution in [-0.2, 0) is 17.9 Å². The van der Waals surface area contributed by atoms with Gasteiger partial charge in [-0.05, 0) is 69.7 Å². The smallest absolute Gasteiger partial charge is 0.254 e. The number of rotatable bonds is 8. The van der Waals surface area contributed by atoms with E-state index in [0.29, 0.717) is 17.0 Å². The van der Waals surface area contributed by atoms with Gasteiger partial charge in [-0.2, -0.15) is 0 Å². The van der Waals surface area contributed by atoms with Crippen LogP contribution in [0.1, 0.15) is 81.1 Å². The van der Waals surface area contributed by atoms with Crippen LogP contribution in [0.2, 0.25) is 0 Å². The first-order valence-corrected chi connectivity index (χ1v) is 13.4. The third-order valence-corrected chi connectivity index (χ3v) is 6.68. The van der Waals surface area contributed by atoms with Gasteiger partial charge < -0.3 is 14.7 Å². The summed E-state index contributed by atoms with van der Waals surface area (Å²) in [6.07, 6.45) is 9.40. The van der Waals surface area contributed by atoms with Gasteiger partial charge in [0.15, 0.2) is 11.6 Å². The highest BCUT2D eigenvalue weighted by Crippen LogP contribution is 2.34. The predicted molar refractivity (Wildman–Crippen MR) is 153 cm³/mol. The average molecular weight is 534 g/mol. The number of halogens is 2. The highest BCUT2D eigenvalue weighted by molar-refractivity contribution is 6.10. The molecule has 0 saturated heterocycles. The molecule has 1 aliphatic carbocycles. The summed E-state index contributed by atoms with van der Waals surface area (Å²) in [4.78, 5) is 19.3. The zero-order valence-corrected chi connectivity index (χ0v) is 23.5. The number of nitrogens with one attached hydrogen (secondary N) is 1. The van der Waals surface area contributed by atoms with Crippen molar-refractivity contribution in [1.82, 2.24) is 9.88 Å². The van der Waals surface area contributed by atoms with Crippen molar-refractivity contribution >= 4 is 22.5 Å². The normalized spacial score (nSPS) is 15.8. The molecule has 3 aromatic rings. The molecule has 2 aromatic carbocycles. The van der Waals surface area contributed by atoms with E-state index in [1.165, 1.54) is 6.07 Å². The Morgan fingerprint density at radius 3 is 2.54 bits per heavy atom. The predicted octanol–water partition coefficient (Wildman–Crippen LogP) is 7.64. The average Bonchev–Trinajstić information content (AvgIpc) is 3.21. The number of hydrogen-bond donors (Lipinski definition) is 1. The van der Waals surface area contributed by atoms with Crippen molar-refractivity contribution in [3.05, 3.63) is 94.7 Å². The molecule has 1 heterocycles. The number of allylic oxidation sites excluding steroid dienone is 4. The third kappa shape index (κ3) is 6.64. The summed E-state index contributed by atoms with van der Waals surface area (Å²) >= 11 is 0. The van der Waals surface area contributed by atoms with E-state index in [1.807, 2.05) is 39.8 Å². The number of amides is 1. The minimum atomic E-state index is -0.934. The molecular formula is C32H37F2N3O2. The van der Waals surface area contributed by atoms with Gasteiger partial charge >= 0.3 is 0 Å². The molecule has 1 unspecified atom stereocenters. The van der Waals surface area contributed by atoms with E-state index in [-0.39, 0.29) is 18.4 Å². The SMILES string of the molecule is C/C(=N\OC(C)(C)C)c1ccc2c(C(=O)NCc3ccc(F)c(F)c3)c(C(C)C)n(CC3C=CC=CC3)c2c1. The van der Waals surface area contributed by atoms with E-state index < -0.39 is 17.2 Å². The van der Waals surface area contributed by atoms with Gasteiger partial charge in [0.05, 0.1) is 11.3 Å². The van der Waals surface area contributed by atoms with E-state index in [1.54, 1.807) is 0 Å². The lowest BCUT2D eigenvalue weighted by Gasteiger charge is -2.20. The Balaban J connectivity index is 1.78. The Hall–Kier alpha value is -3.74. The fourth-order valence-corrected chi connectivity index (χ4v) is 4.81. The molecule has 1 aliphatic rings. The minimum absolute atomic E-state index is 0.0620. The standard InChI is InChI=1S/C32H37F2N3O2/c1-20(2)30-29(31(38)35-18-23-12-15-26(33)27(34)16-23)25-14-13-24(21(3)36-39-32(4,5)6)17-28(25)37(30)19-22-10-8-7-9-11-22/h7-10,12-17,20,22H,11,18-19H2,1-6H3,(H,35,38)/b36-21+. The molecule has 0 aliphatic heterocycles. The largest absolute Gasteiger partial charge is 0.390 e. The lowest BCUT2D eigenvalue weighted by molar-refractivity contribution is 0.000953. The van der Waals surface area contributed by atoms with Crippen molar-refractivity contribution in [3.63, 3.8) is 0 Å². The zero-order valence-electron chi connectivity index (χ0n) is 23.5. The Morgan fingerprint density at radius 1 is 1.13 bits per heavy atom. The maximum atomic E-state index is 13.7. The van der Waals surface area contributed by atoms with Crippen LogP contribution in [0.4, 0.5) is 8.78 Å². The van der Waals surface area contributed by atoms with E-state index in [4.69, 9.17) is 4.84 Å². The quantitative estimate of drug-likeness (QED) is 0.239. The first kappa shape index (κ1) is 28.3. The van der Waals surface area contributed by atoms with Gasteiger partial charge in [-0.1, -0.05) is 61.5 Å². The Morgan fingerprint density at radius 2 is 1.90 bits per heavy atom. The second-order valence-corrected chi connectivity index (χ2v) is 11.4. The summed E-state index contributed by atoms with van der Waals surface area (Å²) in [7, 11) is 0. The maximum absolute atomic E-state index is 13.7. The first-order chi connectivity index (χ1) is 18.4. The lowest BCUT2D eigenvalue weighted by Crippen LogP contribution is -2.25. The van der Waals surface area contributed by atoms with E-state index in [2.05, 4.69) is 59.3 Å². The molecule has 206 valence electrons. The van der Waals surface area contributed by atoms with Crippen LogP contribution in [0, 0.1) is 17.6 Å². The van der Waals surface area contributed by atoms with Crippen molar-refractivity contribution in [3.8, 4) is 0 Å². The molecule has 0 saturated carbocycles. The number of fused-ring (bicyclic) bond motifs is 1. The summed E-state index contributed by atoms with van der Waals surface area (Å²) in [5.41, 5.74) is 4.23. The van der Waals surface area contributed by atoms with Crippen molar-refractivity contribution in [2.45, 2.75) is 72.6 Å². The molecular weight excluding hydrogens is 496 g/mol. The van der Waals surface area contributed by atoms with Gasteiger partial charge in [0.2, 0.25) is 0 Å². The van der Waals surface area contributed by atoms with E-state index >= 15 is 0 Å². The van der Waals surface area contributed by atoms with Crippen molar-refractivity contribution < 1.29 is 18.4 Å². The number of hydrogen-bond acceptors (Lipinski definition) is 3. The highest BCUT2D eigenvalue weighted by Gasteiger charge is 2.26. The zero-order chi connectivity index (χ0) is 28.3. The minimum Gasteiger partial charge on any atom is -0.390 e. The summed E-state index contributed by atoms with van der Waals surface area (Å²) in [5, 5.41) is 8.11. The Labute approximate surface area is 229 Å². The number of benzene rings is 2. The van der Waals surface area contributed by atoms with Crippen molar-refractivity contribution in [1.29, 1.82) is 0 Å². The number of nitrogens with zero attached hydrogens (tertiary/aromatic N) is 2. The third-order valence-electron chi connectivity index (χ3n) is 6.68. The van der Waals surface area contributed by atoms with E-state index in [9.17, 15) is 13.6 Å². The van der Waals surface area contributed by atoms with Gasteiger partial charge in [-0.25, -0.2) is 8.78 Å². The summed E-state index contributed by atoms with van der Waals surface area (Å²) in [5.74, 6) is -1.74. The van der Waals surface area contributed by atoms with Crippen LogP contribution < -0.4 is 5.32 Å². The van der Waals surface area contributed by atoms with Gasteiger partial charge in [0, 0.05) is 35.2 Å². The summed E-state index contributed by atoms with van der Waals surface area (Å²) in [6, 6.07) is 9.65. The van der Waals surface area contributed by atoms with Crippen molar-refractivity contribution in [2.24, 2.45) is 11.1 Å². The summed E-state index contributed by atoms with van der Waals surface area (Å²) < 4.78 is 29.4. The van der Waals surface area contributed by atoms with Gasteiger partial charge in [0.25, 0.3) is 5.91 Å². The van der Waals surface area contributed by atoms with E-state index in [0.717, 1.165) is 53.0 Å². The molecule has 1 N–H and O–H groups in total. The van der Waals surface area contributed by atoms with Crippen LogP contribution in [-0.4, -0.2) is 21.8 Å². The Bertz CT molecular complexity index is 1460. The fraction of sp³-hybridized carbons (Fsp3) is 0.375. The molecule has 1 aromatic heterocycles. The maximum Gasteiger partial charge on any atom is 0.254 e. The fourth-order valence-electron chi connectivity index (χ4n) is 4.81.